The molecule has 7 heteroatoms. The SMILES string of the molecule is C[C@H]1[C@H](O)[C@@H](CO)N(CCOC(=O)N(C)C)C[C@@H]1O. The predicted octanol–water partition coefficient (Wildman–Crippen LogP) is -1.28. The average molecular weight is 276 g/mol. The maximum atomic E-state index is 11.3. The van der Waals surface area contributed by atoms with Gasteiger partial charge in [0.05, 0.1) is 24.9 Å². The third-order valence-electron chi connectivity index (χ3n) is 3.59. The fourth-order valence-electron chi connectivity index (χ4n) is 2.20. The number of hydrogen-bond donors (Lipinski definition) is 3. The van der Waals surface area contributed by atoms with Crippen molar-refractivity contribution in [2.24, 2.45) is 5.92 Å². The fraction of sp³-hybridized carbons (Fsp3) is 0.917. The highest BCUT2D eigenvalue weighted by molar-refractivity contribution is 5.66. The Morgan fingerprint density at radius 2 is 2.05 bits per heavy atom. The number of nitrogens with zero attached hydrogens (tertiary/aromatic N) is 2. The van der Waals surface area contributed by atoms with Gasteiger partial charge in [-0.3, -0.25) is 4.90 Å². The minimum Gasteiger partial charge on any atom is -0.448 e. The van der Waals surface area contributed by atoms with Crippen molar-refractivity contribution in [1.29, 1.82) is 0 Å². The molecule has 4 atom stereocenters. The Morgan fingerprint density at radius 3 is 2.58 bits per heavy atom. The number of aliphatic hydroxyl groups is 3. The molecule has 0 bridgehead atoms. The first-order valence-corrected chi connectivity index (χ1v) is 6.43. The lowest BCUT2D eigenvalue weighted by atomic mass is 9.87. The number of hydrogen-bond acceptors (Lipinski definition) is 6. The molecule has 0 aromatic heterocycles. The zero-order chi connectivity index (χ0) is 14.6. The van der Waals surface area contributed by atoms with Crippen molar-refractivity contribution in [2.45, 2.75) is 25.2 Å². The summed E-state index contributed by atoms with van der Waals surface area (Å²) in [5.41, 5.74) is 0. The molecular weight excluding hydrogens is 252 g/mol. The van der Waals surface area contributed by atoms with E-state index in [4.69, 9.17) is 4.74 Å². The smallest absolute Gasteiger partial charge is 0.409 e. The lowest BCUT2D eigenvalue weighted by molar-refractivity contribution is -0.105. The Labute approximate surface area is 113 Å². The maximum absolute atomic E-state index is 11.3. The van der Waals surface area contributed by atoms with Gasteiger partial charge in [-0.05, 0) is 0 Å². The summed E-state index contributed by atoms with van der Waals surface area (Å²) in [6.07, 6.45) is -1.88. The van der Waals surface area contributed by atoms with Crippen LogP contribution in [0.2, 0.25) is 0 Å². The summed E-state index contributed by atoms with van der Waals surface area (Å²) < 4.78 is 5.00. The number of carbonyl (C=O) groups excluding carboxylic acids is 1. The molecule has 0 unspecified atom stereocenters. The first-order valence-electron chi connectivity index (χ1n) is 6.43. The number of β-amino-alcohol motifs (C(OH)–C–C–N with tert-alkyl or cyclic N) is 1. The predicted molar refractivity (Wildman–Crippen MR) is 68.7 cm³/mol. The number of likely N-dealkylation sites (tertiary alicyclic amines) is 1. The van der Waals surface area contributed by atoms with Crippen LogP contribution in [0.4, 0.5) is 4.79 Å². The number of ether oxygens (including phenoxy) is 1. The molecular formula is C12H24N2O5. The summed E-state index contributed by atoms with van der Waals surface area (Å²) in [5.74, 6) is -0.280. The van der Waals surface area contributed by atoms with E-state index in [1.54, 1.807) is 25.9 Å². The molecule has 7 nitrogen and oxygen atoms in total. The standard InChI is InChI=1S/C12H24N2O5/c1-8-10(16)6-14(9(7-15)11(8)17)4-5-19-12(18)13(2)3/h8-11,15-17H,4-7H2,1-3H3/t8-,9-,10+,11+/m1/s1. The molecule has 112 valence electrons. The van der Waals surface area contributed by atoms with E-state index in [1.165, 1.54) is 4.90 Å². The lowest BCUT2D eigenvalue weighted by Gasteiger charge is -2.43. The second-order valence-electron chi connectivity index (χ2n) is 5.17. The van der Waals surface area contributed by atoms with Crippen LogP contribution in [0.15, 0.2) is 0 Å². The normalized spacial score (nSPS) is 32.1. The summed E-state index contributed by atoms with van der Waals surface area (Å²) in [5, 5.41) is 29.2. The number of carbonyl (C=O) groups is 1. The van der Waals surface area contributed by atoms with Gasteiger partial charge in [-0.25, -0.2) is 4.79 Å². The zero-order valence-electron chi connectivity index (χ0n) is 11.7. The summed E-state index contributed by atoms with van der Waals surface area (Å²) in [4.78, 5) is 14.3. The quantitative estimate of drug-likeness (QED) is 0.592. The maximum Gasteiger partial charge on any atom is 0.409 e. The molecule has 3 N–H and O–H groups in total. The first kappa shape index (κ1) is 16.2. The van der Waals surface area contributed by atoms with E-state index in [0.29, 0.717) is 13.1 Å². The van der Waals surface area contributed by atoms with Crippen LogP contribution in [0.1, 0.15) is 6.92 Å². The van der Waals surface area contributed by atoms with E-state index >= 15 is 0 Å². The van der Waals surface area contributed by atoms with Gasteiger partial charge < -0.3 is 25.0 Å². The Hall–Kier alpha value is -0.890. The highest BCUT2D eigenvalue weighted by Gasteiger charge is 2.39. The van der Waals surface area contributed by atoms with Crippen LogP contribution in [-0.4, -0.2) is 89.9 Å². The van der Waals surface area contributed by atoms with Crippen LogP contribution in [0.5, 0.6) is 0 Å². The molecule has 1 fully saturated rings. The Bertz CT molecular complexity index is 300. The van der Waals surface area contributed by atoms with E-state index in [-0.39, 0.29) is 19.1 Å². The van der Waals surface area contributed by atoms with Crippen LogP contribution < -0.4 is 0 Å². The van der Waals surface area contributed by atoms with E-state index in [0.717, 1.165) is 0 Å². The molecule has 1 saturated heterocycles. The number of amides is 1. The van der Waals surface area contributed by atoms with Crippen molar-refractivity contribution >= 4 is 6.09 Å². The second kappa shape index (κ2) is 7.04. The van der Waals surface area contributed by atoms with Crippen molar-refractivity contribution in [2.75, 3.05) is 40.4 Å². The summed E-state index contributed by atoms with van der Waals surface area (Å²) in [6, 6.07) is -0.434. The molecule has 0 aromatic rings. The minimum absolute atomic E-state index is 0.154. The zero-order valence-corrected chi connectivity index (χ0v) is 11.7. The first-order chi connectivity index (χ1) is 8.88. The Balaban J connectivity index is 2.49. The minimum atomic E-state index is -0.793. The van der Waals surface area contributed by atoms with Crippen LogP contribution in [0, 0.1) is 5.92 Å². The van der Waals surface area contributed by atoms with Gasteiger partial charge in [0.2, 0.25) is 0 Å². The molecule has 1 heterocycles. The highest BCUT2D eigenvalue weighted by atomic mass is 16.6. The number of aliphatic hydroxyl groups excluding tert-OH is 3. The van der Waals surface area contributed by atoms with Gasteiger partial charge in [-0.15, -0.1) is 0 Å². The average Bonchev–Trinajstić information content (AvgIpc) is 2.36. The van der Waals surface area contributed by atoms with E-state index in [9.17, 15) is 20.1 Å². The van der Waals surface area contributed by atoms with Gasteiger partial charge in [-0.2, -0.15) is 0 Å². The van der Waals surface area contributed by atoms with Crippen LogP contribution in [0.3, 0.4) is 0 Å². The fourth-order valence-corrected chi connectivity index (χ4v) is 2.20. The lowest BCUT2D eigenvalue weighted by Crippen LogP contribution is -2.59. The molecule has 0 aliphatic carbocycles. The molecule has 19 heavy (non-hydrogen) atoms. The monoisotopic (exact) mass is 276 g/mol. The molecule has 1 aliphatic heterocycles. The number of rotatable bonds is 4. The second-order valence-corrected chi connectivity index (χ2v) is 5.17. The van der Waals surface area contributed by atoms with Gasteiger partial charge in [0.15, 0.2) is 0 Å². The van der Waals surface area contributed by atoms with Crippen molar-refractivity contribution in [3.05, 3.63) is 0 Å². The van der Waals surface area contributed by atoms with Gasteiger partial charge in [0.25, 0.3) is 0 Å². The highest BCUT2D eigenvalue weighted by Crippen LogP contribution is 2.23. The molecule has 0 spiro atoms. The molecule has 0 radical (unpaired) electrons. The van der Waals surface area contributed by atoms with Gasteiger partial charge in [-0.1, -0.05) is 6.92 Å². The van der Waals surface area contributed by atoms with Gasteiger partial charge in [0, 0.05) is 33.1 Å². The Morgan fingerprint density at radius 1 is 1.42 bits per heavy atom. The van der Waals surface area contributed by atoms with E-state index in [1.807, 2.05) is 0 Å². The topological polar surface area (TPSA) is 93.5 Å². The molecule has 1 aliphatic rings. The summed E-state index contributed by atoms with van der Waals surface area (Å²) in [6.45, 7) is 2.43. The molecule has 1 rings (SSSR count). The van der Waals surface area contributed by atoms with Crippen LogP contribution in [0.25, 0.3) is 0 Å². The van der Waals surface area contributed by atoms with Gasteiger partial charge in [0.1, 0.15) is 6.61 Å². The van der Waals surface area contributed by atoms with Crippen molar-refractivity contribution in [3.63, 3.8) is 0 Å². The summed E-state index contributed by atoms with van der Waals surface area (Å²) in [7, 11) is 3.18. The van der Waals surface area contributed by atoms with Crippen molar-refractivity contribution < 1.29 is 24.9 Å². The number of piperidine rings is 1. The third kappa shape index (κ3) is 4.04. The third-order valence-corrected chi connectivity index (χ3v) is 3.59. The van der Waals surface area contributed by atoms with E-state index in [2.05, 4.69) is 0 Å². The van der Waals surface area contributed by atoms with Crippen molar-refractivity contribution in [3.8, 4) is 0 Å². The van der Waals surface area contributed by atoms with Gasteiger partial charge >= 0.3 is 6.09 Å². The van der Waals surface area contributed by atoms with Crippen LogP contribution in [-0.2, 0) is 4.74 Å². The summed E-state index contributed by atoms with van der Waals surface area (Å²) >= 11 is 0. The van der Waals surface area contributed by atoms with Crippen LogP contribution >= 0.6 is 0 Å². The van der Waals surface area contributed by atoms with E-state index < -0.39 is 24.3 Å². The molecule has 1 amide bonds. The molecule has 0 saturated carbocycles. The largest absolute Gasteiger partial charge is 0.448 e. The van der Waals surface area contributed by atoms with Crippen molar-refractivity contribution in [1.82, 2.24) is 9.80 Å². The molecule has 0 aromatic carbocycles. The Kier molecular flexibility index (Phi) is 5.99.